The summed E-state index contributed by atoms with van der Waals surface area (Å²) in [5, 5.41) is 3.96. The van der Waals surface area contributed by atoms with Crippen molar-refractivity contribution in [3.05, 3.63) is 35.5 Å². The fourth-order valence-electron chi connectivity index (χ4n) is 1.43. The molecular weight excluding hydrogens is 260 g/mol. The van der Waals surface area contributed by atoms with Gasteiger partial charge in [-0.25, -0.2) is 4.98 Å². The van der Waals surface area contributed by atoms with E-state index in [1.807, 2.05) is 12.1 Å². The number of allylic oxidation sites excluding steroid dienone is 1. The topological polar surface area (TPSA) is 34.1 Å². The van der Waals surface area contributed by atoms with Crippen LogP contribution < -0.4 is 10.1 Å². The van der Waals surface area contributed by atoms with Gasteiger partial charge in [0.05, 0.1) is 6.61 Å². The summed E-state index contributed by atoms with van der Waals surface area (Å²) in [5.41, 5.74) is 1.13. The van der Waals surface area contributed by atoms with Gasteiger partial charge in [-0.3, -0.25) is 0 Å². The van der Waals surface area contributed by atoms with Crippen LogP contribution in [0.5, 0.6) is 5.88 Å². The molecule has 106 valence electrons. The first-order chi connectivity index (χ1) is 8.92. The first kappa shape index (κ1) is 16.0. The highest BCUT2D eigenvalue weighted by Gasteiger charge is 2.10. The molecule has 0 aliphatic heterocycles. The van der Waals surface area contributed by atoms with Crippen LogP contribution in [0.4, 0.5) is 0 Å². The Morgan fingerprint density at radius 3 is 2.79 bits per heavy atom. The molecule has 1 N–H and O–H groups in total. The first-order valence-corrected chi connectivity index (χ1v) is 6.93. The van der Waals surface area contributed by atoms with E-state index < -0.39 is 0 Å². The highest BCUT2D eigenvalue weighted by Crippen LogP contribution is 2.22. The number of hydrogen-bond donors (Lipinski definition) is 1. The van der Waals surface area contributed by atoms with Crippen LogP contribution in [0.25, 0.3) is 0 Å². The third kappa shape index (κ3) is 6.60. The molecule has 0 saturated heterocycles. The standard InChI is InChI=1S/C15H23ClN2O/c1-5-6-7-8-19-14-13(16)9-12(10-17-14)11-18-15(2,3)4/h5,9-10,18H,1,6-8,11H2,2-4H3. The van der Waals surface area contributed by atoms with Crippen molar-refractivity contribution in [3.8, 4) is 5.88 Å². The van der Waals surface area contributed by atoms with E-state index in [0.29, 0.717) is 17.5 Å². The van der Waals surface area contributed by atoms with Crippen molar-refractivity contribution in [2.45, 2.75) is 45.7 Å². The second kappa shape index (κ2) is 7.51. The molecule has 0 fully saturated rings. The maximum Gasteiger partial charge on any atom is 0.232 e. The molecule has 0 aliphatic rings. The van der Waals surface area contributed by atoms with Gasteiger partial charge in [-0.1, -0.05) is 17.7 Å². The summed E-state index contributed by atoms with van der Waals surface area (Å²) in [6.45, 7) is 11.4. The van der Waals surface area contributed by atoms with Crippen LogP contribution >= 0.6 is 11.6 Å². The Labute approximate surface area is 121 Å². The third-order valence-electron chi connectivity index (χ3n) is 2.48. The highest BCUT2D eigenvalue weighted by molar-refractivity contribution is 6.31. The van der Waals surface area contributed by atoms with Crippen LogP contribution in [0.2, 0.25) is 5.02 Å². The molecule has 3 nitrogen and oxygen atoms in total. The van der Waals surface area contributed by atoms with Crippen molar-refractivity contribution in [2.75, 3.05) is 6.61 Å². The second-order valence-electron chi connectivity index (χ2n) is 5.51. The molecule has 19 heavy (non-hydrogen) atoms. The lowest BCUT2D eigenvalue weighted by Gasteiger charge is -2.20. The quantitative estimate of drug-likeness (QED) is 0.607. The molecule has 0 saturated carbocycles. The van der Waals surface area contributed by atoms with Crippen molar-refractivity contribution in [1.29, 1.82) is 0 Å². The van der Waals surface area contributed by atoms with Gasteiger partial charge in [0.15, 0.2) is 0 Å². The van der Waals surface area contributed by atoms with E-state index in [1.54, 1.807) is 6.20 Å². The monoisotopic (exact) mass is 282 g/mol. The fraction of sp³-hybridized carbons (Fsp3) is 0.533. The lowest BCUT2D eigenvalue weighted by atomic mass is 10.1. The molecule has 0 aliphatic carbocycles. The van der Waals surface area contributed by atoms with Gasteiger partial charge in [0.1, 0.15) is 5.02 Å². The number of aromatic nitrogens is 1. The summed E-state index contributed by atoms with van der Waals surface area (Å²) in [6, 6.07) is 1.90. The van der Waals surface area contributed by atoms with Crippen molar-refractivity contribution < 1.29 is 4.74 Å². The van der Waals surface area contributed by atoms with Gasteiger partial charge < -0.3 is 10.1 Å². The van der Waals surface area contributed by atoms with Crippen LogP contribution in [0.15, 0.2) is 24.9 Å². The second-order valence-corrected chi connectivity index (χ2v) is 5.92. The number of halogens is 1. The number of hydrogen-bond acceptors (Lipinski definition) is 3. The van der Waals surface area contributed by atoms with Gasteiger partial charge in [-0.2, -0.15) is 0 Å². The fourth-order valence-corrected chi connectivity index (χ4v) is 1.68. The smallest absolute Gasteiger partial charge is 0.232 e. The van der Waals surface area contributed by atoms with Gasteiger partial charge >= 0.3 is 0 Å². The Morgan fingerprint density at radius 1 is 1.47 bits per heavy atom. The number of nitrogens with zero attached hydrogens (tertiary/aromatic N) is 1. The minimum Gasteiger partial charge on any atom is -0.477 e. The minimum atomic E-state index is 0.0757. The van der Waals surface area contributed by atoms with E-state index in [9.17, 15) is 0 Å². The van der Waals surface area contributed by atoms with Crippen molar-refractivity contribution in [3.63, 3.8) is 0 Å². The van der Waals surface area contributed by atoms with E-state index in [4.69, 9.17) is 16.3 Å². The minimum absolute atomic E-state index is 0.0757. The zero-order chi connectivity index (χ0) is 14.3. The van der Waals surface area contributed by atoms with Crippen LogP contribution in [0.3, 0.4) is 0 Å². The summed E-state index contributed by atoms with van der Waals surface area (Å²) < 4.78 is 5.53. The molecule has 0 aromatic carbocycles. The van der Waals surface area contributed by atoms with E-state index in [0.717, 1.165) is 24.9 Å². The van der Waals surface area contributed by atoms with Crippen LogP contribution in [-0.2, 0) is 6.54 Å². The predicted octanol–water partition coefficient (Wildman–Crippen LogP) is 3.97. The molecule has 1 aromatic heterocycles. The molecule has 1 heterocycles. The average Bonchev–Trinajstić information content (AvgIpc) is 2.33. The lowest BCUT2D eigenvalue weighted by molar-refractivity contribution is 0.300. The van der Waals surface area contributed by atoms with Gasteiger partial charge in [0, 0.05) is 18.3 Å². The first-order valence-electron chi connectivity index (χ1n) is 6.55. The SMILES string of the molecule is C=CCCCOc1ncc(CNC(C)(C)C)cc1Cl. The number of ether oxygens (including phenoxy) is 1. The normalized spacial score (nSPS) is 11.4. The summed E-state index contributed by atoms with van der Waals surface area (Å²) in [5.74, 6) is 0.505. The molecule has 0 amide bonds. The van der Waals surface area contributed by atoms with E-state index in [1.165, 1.54) is 0 Å². The highest BCUT2D eigenvalue weighted by atomic mass is 35.5. The number of nitrogens with one attached hydrogen (secondary N) is 1. The molecule has 1 aromatic rings. The Morgan fingerprint density at radius 2 is 2.21 bits per heavy atom. The molecular formula is C15H23ClN2O. The molecule has 0 atom stereocenters. The van der Waals surface area contributed by atoms with E-state index >= 15 is 0 Å². The Kier molecular flexibility index (Phi) is 6.32. The Hall–Kier alpha value is -1.06. The largest absolute Gasteiger partial charge is 0.477 e. The summed E-state index contributed by atoms with van der Waals surface area (Å²) in [6.07, 6.45) is 5.53. The zero-order valence-electron chi connectivity index (χ0n) is 12.0. The summed E-state index contributed by atoms with van der Waals surface area (Å²) in [4.78, 5) is 4.26. The van der Waals surface area contributed by atoms with Crippen molar-refractivity contribution >= 4 is 11.6 Å². The average molecular weight is 283 g/mol. The number of unbranched alkanes of at least 4 members (excludes halogenated alkanes) is 1. The molecule has 4 heteroatoms. The Bertz CT molecular complexity index is 413. The number of pyridine rings is 1. The third-order valence-corrected chi connectivity index (χ3v) is 2.75. The van der Waals surface area contributed by atoms with Gasteiger partial charge in [-0.15, -0.1) is 6.58 Å². The maximum atomic E-state index is 6.16. The van der Waals surface area contributed by atoms with Crippen LogP contribution in [0, 0.1) is 0 Å². The molecule has 1 rings (SSSR count). The number of rotatable bonds is 7. The lowest BCUT2D eigenvalue weighted by Crippen LogP contribution is -2.35. The van der Waals surface area contributed by atoms with Crippen LogP contribution in [0.1, 0.15) is 39.2 Å². The molecule has 0 radical (unpaired) electrons. The summed E-state index contributed by atoms with van der Waals surface area (Å²) >= 11 is 6.16. The molecule has 0 spiro atoms. The molecule has 0 bridgehead atoms. The van der Waals surface area contributed by atoms with Crippen molar-refractivity contribution in [1.82, 2.24) is 10.3 Å². The molecule has 0 unspecified atom stereocenters. The van der Waals surface area contributed by atoms with E-state index in [-0.39, 0.29) is 5.54 Å². The van der Waals surface area contributed by atoms with E-state index in [2.05, 4.69) is 37.7 Å². The summed E-state index contributed by atoms with van der Waals surface area (Å²) in [7, 11) is 0. The van der Waals surface area contributed by atoms with Gasteiger partial charge in [0.2, 0.25) is 5.88 Å². The van der Waals surface area contributed by atoms with Gasteiger partial charge in [0.25, 0.3) is 0 Å². The predicted molar refractivity (Wildman–Crippen MR) is 80.8 cm³/mol. The maximum absolute atomic E-state index is 6.16. The van der Waals surface area contributed by atoms with Crippen LogP contribution in [-0.4, -0.2) is 17.1 Å². The zero-order valence-corrected chi connectivity index (χ0v) is 12.8. The Balaban J connectivity index is 2.51. The van der Waals surface area contributed by atoms with Crippen molar-refractivity contribution in [2.24, 2.45) is 0 Å². The van der Waals surface area contributed by atoms with Gasteiger partial charge in [-0.05, 0) is 45.2 Å².